The van der Waals surface area contributed by atoms with Gasteiger partial charge in [-0.1, -0.05) is 69.9 Å². The summed E-state index contributed by atoms with van der Waals surface area (Å²) in [4.78, 5) is 11.5. The summed E-state index contributed by atoms with van der Waals surface area (Å²) in [5.74, 6) is 4.41. The lowest BCUT2D eigenvalue weighted by Crippen LogP contribution is -1.95. The van der Waals surface area contributed by atoms with Crippen molar-refractivity contribution in [2.45, 2.75) is 53.4 Å². The zero-order valence-corrected chi connectivity index (χ0v) is 14.1. The molecule has 0 heterocycles. The number of carbonyl (C=O) groups excluding carboxylic acids is 1. The van der Waals surface area contributed by atoms with Crippen molar-refractivity contribution < 1.29 is 4.79 Å². The fourth-order valence-corrected chi connectivity index (χ4v) is 2.36. The molecular formula is C18H28OS. The van der Waals surface area contributed by atoms with Crippen LogP contribution in [0.25, 0.3) is 0 Å². The van der Waals surface area contributed by atoms with Gasteiger partial charge in [-0.2, -0.15) is 0 Å². The Morgan fingerprint density at radius 1 is 1.30 bits per heavy atom. The number of thioether (sulfide) groups is 1. The van der Waals surface area contributed by atoms with Gasteiger partial charge in [-0.3, -0.25) is 4.79 Å². The van der Waals surface area contributed by atoms with Gasteiger partial charge in [0.05, 0.1) is 5.75 Å². The molecule has 1 atom stereocenters. The van der Waals surface area contributed by atoms with Gasteiger partial charge in [0.25, 0.3) is 0 Å². The van der Waals surface area contributed by atoms with Crippen molar-refractivity contribution >= 4 is 16.9 Å². The second-order valence-electron chi connectivity index (χ2n) is 5.77. The van der Waals surface area contributed by atoms with Crippen molar-refractivity contribution in [3.63, 3.8) is 0 Å². The van der Waals surface area contributed by atoms with Crippen LogP contribution in [0.5, 0.6) is 0 Å². The van der Waals surface area contributed by atoms with E-state index in [0.717, 1.165) is 17.9 Å². The minimum absolute atomic E-state index is 0.0371. The SMILES string of the molecule is C#CCSC(=O)/C=C(C)/C=C/CC(C)CCCC(C)C. The van der Waals surface area contributed by atoms with E-state index in [2.05, 4.69) is 32.8 Å². The highest BCUT2D eigenvalue weighted by Crippen LogP contribution is 2.16. The molecule has 0 N–H and O–H groups in total. The molecule has 0 radical (unpaired) electrons. The van der Waals surface area contributed by atoms with Crippen LogP contribution < -0.4 is 0 Å². The van der Waals surface area contributed by atoms with Crippen molar-refractivity contribution in [1.29, 1.82) is 0 Å². The van der Waals surface area contributed by atoms with E-state index in [1.54, 1.807) is 6.08 Å². The van der Waals surface area contributed by atoms with Crippen LogP contribution in [0.3, 0.4) is 0 Å². The summed E-state index contributed by atoms with van der Waals surface area (Å²) in [5, 5.41) is 0.0371. The Morgan fingerprint density at radius 2 is 2.00 bits per heavy atom. The smallest absolute Gasteiger partial charge is 0.213 e. The normalized spacial score (nSPS) is 13.7. The molecule has 0 saturated carbocycles. The highest BCUT2D eigenvalue weighted by atomic mass is 32.2. The second-order valence-corrected chi connectivity index (χ2v) is 6.75. The lowest BCUT2D eigenvalue weighted by Gasteiger charge is -2.09. The minimum atomic E-state index is 0.0371. The van der Waals surface area contributed by atoms with Crippen molar-refractivity contribution in [2.24, 2.45) is 11.8 Å². The van der Waals surface area contributed by atoms with Crippen LogP contribution >= 0.6 is 11.8 Å². The summed E-state index contributed by atoms with van der Waals surface area (Å²) in [6.45, 7) is 8.79. The van der Waals surface area contributed by atoms with Gasteiger partial charge >= 0.3 is 0 Å². The van der Waals surface area contributed by atoms with E-state index in [-0.39, 0.29) is 5.12 Å². The van der Waals surface area contributed by atoms with Crippen LogP contribution in [0, 0.1) is 24.2 Å². The minimum Gasteiger partial charge on any atom is -0.282 e. The average Bonchev–Trinajstić information content (AvgIpc) is 2.35. The summed E-state index contributed by atoms with van der Waals surface area (Å²) in [5.41, 5.74) is 0.994. The van der Waals surface area contributed by atoms with Gasteiger partial charge in [0.15, 0.2) is 0 Å². The summed E-state index contributed by atoms with van der Waals surface area (Å²) in [7, 11) is 0. The Balaban J connectivity index is 3.95. The molecule has 0 aliphatic carbocycles. The first-order valence-corrected chi connectivity index (χ1v) is 8.39. The van der Waals surface area contributed by atoms with E-state index in [0.29, 0.717) is 11.7 Å². The predicted octanol–water partition coefficient (Wildman–Crippen LogP) is 5.23. The van der Waals surface area contributed by atoms with Crippen molar-refractivity contribution in [2.75, 3.05) is 5.75 Å². The third-order valence-corrected chi connectivity index (χ3v) is 3.75. The van der Waals surface area contributed by atoms with Crippen molar-refractivity contribution in [3.8, 4) is 12.3 Å². The highest BCUT2D eigenvalue weighted by Gasteiger charge is 2.01. The van der Waals surface area contributed by atoms with Gasteiger partial charge in [-0.15, -0.1) is 6.42 Å². The quantitative estimate of drug-likeness (QED) is 0.328. The molecule has 0 aromatic carbocycles. The van der Waals surface area contributed by atoms with Crippen molar-refractivity contribution in [3.05, 3.63) is 23.8 Å². The third-order valence-electron chi connectivity index (χ3n) is 3.04. The van der Waals surface area contributed by atoms with E-state index >= 15 is 0 Å². The summed E-state index contributed by atoms with van der Waals surface area (Å²) >= 11 is 1.17. The number of terminal acetylenes is 1. The second kappa shape index (κ2) is 11.9. The fraction of sp³-hybridized carbons (Fsp3) is 0.611. The number of hydrogen-bond donors (Lipinski definition) is 0. The topological polar surface area (TPSA) is 17.1 Å². The molecule has 0 bridgehead atoms. The molecule has 20 heavy (non-hydrogen) atoms. The number of carbonyl (C=O) groups is 1. The molecule has 0 aromatic rings. The first kappa shape index (κ1) is 19.1. The Morgan fingerprint density at radius 3 is 2.60 bits per heavy atom. The third kappa shape index (κ3) is 12.1. The van der Waals surface area contributed by atoms with Gasteiger partial charge in [0, 0.05) is 0 Å². The fourth-order valence-electron chi connectivity index (χ4n) is 1.87. The molecule has 112 valence electrons. The van der Waals surface area contributed by atoms with Crippen LogP contribution in [0.2, 0.25) is 0 Å². The molecule has 0 aliphatic rings. The van der Waals surface area contributed by atoms with Gasteiger partial charge in [0.2, 0.25) is 5.12 Å². The maximum absolute atomic E-state index is 11.5. The molecule has 2 heteroatoms. The van der Waals surface area contributed by atoms with E-state index < -0.39 is 0 Å². The number of allylic oxidation sites excluding steroid dienone is 3. The van der Waals surface area contributed by atoms with E-state index in [4.69, 9.17) is 6.42 Å². The standard InChI is InChI=1S/C18H28OS/c1-6-13-20-18(19)14-17(5)12-8-11-16(4)10-7-9-15(2)3/h1,8,12,14-16H,7,9-11,13H2,2-5H3/b12-8+,17-14+. The maximum Gasteiger partial charge on any atom is 0.213 e. The van der Waals surface area contributed by atoms with E-state index in [1.165, 1.54) is 31.0 Å². The molecule has 0 saturated heterocycles. The lowest BCUT2D eigenvalue weighted by atomic mass is 9.97. The molecule has 0 fully saturated rings. The largest absolute Gasteiger partial charge is 0.282 e. The molecule has 0 aromatic heterocycles. The highest BCUT2D eigenvalue weighted by molar-refractivity contribution is 8.14. The van der Waals surface area contributed by atoms with Crippen LogP contribution in [0.1, 0.15) is 53.4 Å². The zero-order valence-electron chi connectivity index (χ0n) is 13.3. The monoisotopic (exact) mass is 292 g/mol. The summed E-state index contributed by atoms with van der Waals surface area (Å²) in [6.07, 6.45) is 16.0. The van der Waals surface area contributed by atoms with Gasteiger partial charge in [0.1, 0.15) is 0 Å². The molecule has 0 aliphatic heterocycles. The van der Waals surface area contributed by atoms with E-state index in [1.807, 2.05) is 13.0 Å². The Kier molecular flexibility index (Phi) is 11.3. The van der Waals surface area contributed by atoms with E-state index in [9.17, 15) is 4.79 Å². The molecule has 1 nitrogen and oxygen atoms in total. The first-order chi connectivity index (χ1) is 9.45. The number of hydrogen-bond acceptors (Lipinski definition) is 2. The Hall–Kier alpha value is -0.940. The van der Waals surface area contributed by atoms with Crippen molar-refractivity contribution in [1.82, 2.24) is 0 Å². The molecule has 0 amide bonds. The van der Waals surface area contributed by atoms with Crippen LogP contribution in [-0.2, 0) is 4.79 Å². The van der Waals surface area contributed by atoms with Gasteiger partial charge in [-0.05, 0) is 36.8 Å². The van der Waals surface area contributed by atoms with Crippen LogP contribution in [-0.4, -0.2) is 10.9 Å². The lowest BCUT2D eigenvalue weighted by molar-refractivity contribution is -0.107. The van der Waals surface area contributed by atoms with Crippen LogP contribution in [0.15, 0.2) is 23.8 Å². The number of rotatable bonds is 9. The predicted molar refractivity (Wildman–Crippen MR) is 91.7 cm³/mol. The summed E-state index contributed by atoms with van der Waals surface area (Å²) < 4.78 is 0. The van der Waals surface area contributed by atoms with Gasteiger partial charge < -0.3 is 0 Å². The Labute approximate surface area is 129 Å². The van der Waals surface area contributed by atoms with Crippen LogP contribution in [0.4, 0.5) is 0 Å². The Bertz CT molecular complexity index is 371. The molecule has 0 spiro atoms. The zero-order chi connectivity index (χ0) is 15.4. The maximum atomic E-state index is 11.5. The summed E-state index contributed by atoms with van der Waals surface area (Å²) in [6, 6.07) is 0. The average molecular weight is 292 g/mol. The first-order valence-electron chi connectivity index (χ1n) is 7.40. The molecule has 0 rings (SSSR count). The van der Waals surface area contributed by atoms with Gasteiger partial charge in [-0.25, -0.2) is 0 Å². The molecular weight excluding hydrogens is 264 g/mol. The molecule has 1 unspecified atom stereocenters.